The maximum Gasteiger partial charge on any atom is 0.0988 e. The van der Waals surface area contributed by atoms with Gasteiger partial charge in [-0.25, -0.2) is 8.42 Å². The summed E-state index contributed by atoms with van der Waals surface area (Å²) in [6, 6.07) is 8.37. The minimum Gasteiger partial charge on any atom is -0.748 e. The van der Waals surface area contributed by atoms with Gasteiger partial charge in [0.05, 0.1) is 22.0 Å². The molecule has 0 heterocycles. The molecule has 0 spiro atoms. The lowest BCUT2D eigenvalue weighted by atomic mass is 10.1. The highest BCUT2D eigenvalue weighted by Gasteiger charge is 1.99. The fourth-order valence-electron chi connectivity index (χ4n) is 2.74. The summed E-state index contributed by atoms with van der Waals surface area (Å²) in [4.78, 5) is 0. The van der Waals surface area contributed by atoms with E-state index >= 15 is 0 Å². The molecule has 3 nitrogen and oxygen atoms in total. The maximum atomic E-state index is 10.2. The normalized spacial score (nSPS) is 11.3. The number of hydrogen-bond acceptors (Lipinski definition) is 3. The van der Waals surface area contributed by atoms with Gasteiger partial charge in [0.15, 0.2) is 0 Å². The monoisotopic (exact) mass is 402 g/mol. The lowest BCUT2D eigenvalue weighted by Gasteiger charge is -2.05. The molecule has 0 bridgehead atoms. The quantitative estimate of drug-likeness (QED) is 0.227. The molecule has 1 aromatic carbocycles. The highest BCUT2D eigenvalue weighted by Crippen LogP contribution is 2.26. The van der Waals surface area contributed by atoms with Crippen LogP contribution in [0.1, 0.15) is 76.7 Å². The van der Waals surface area contributed by atoms with Crippen LogP contribution in [0.5, 0.6) is 0 Å². The van der Waals surface area contributed by atoms with Crippen molar-refractivity contribution >= 4 is 18.0 Å². The highest BCUT2D eigenvalue weighted by atomic mass is 32.2. The van der Waals surface area contributed by atoms with Gasteiger partial charge in [-0.05, 0) is 26.3 Å². The molecule has 0 aliphatic carbocycles. The molecule has 0 saturated heterocycles. The van der Waals surface area contributed by atoms with Crippen molar-refractivity contribution in [1.29, 1.82) is 0 Å². The molecule has 0 aliphatic rings. The Hall–Kier alpha value is -0.440. The number of rotatable bonds is 13. The number of unbranched alkanes of at least 4 members (excludes halogenated alkanes) is 9. The van der Waals surface area contributed by atoms with Crippen molar-refractivity contribution in [1.82, 2.24) is 0 Å². The van der Waals surface area contributed by atoms with E-state index in [1.165, 1.54) is 70.4 Å². The first kappa shape index (κ1) is 25.6. The molecule has 0 radical (unpaired) electrons. The molecule has 0 fully saturated rings. The molecule has 1 aromatic rings. The van der Waals surface area contributed by atoms with Crippen LogP contribution in [0.25, 0.3) is 0 Å². The van der Waals surface area contributed by atoms with Crippen molar-refractivity contribution in [3.05, 3.63) is 35.9 Å². The maximum absolute atomic E-state index is 10.2. The van der Waals surface area contributed by atoms with Crippen molar-refractivity contribution in [3.63, 3.8) is 0 Å². The van der Waals surface area contributed by atoms with Crippen LogP contribution >= 0.6 is 7.92 Å². The van der Waals surface area contributed by atoms with Gasteiger partial charge in [-0.2, -0.15) is 0 Å². The van der Waals surface area contributed by atoms with Gasteiger partial charge in [-0.1, -0.05) is 88.6 Å². The van der Waals surface area contributed by atoms with E-state index in [2.05, 4.69) is 20.3 Å². The summed E-state index contributed by atoms with van der Waals surface area (Å²) in [7, 11) is -4.07. The summed E-state index contributed by atoms with van der Waals surface area (Å²) in [6.45, 7) is 7.15. The fraction of sp³-hybridized carbons (Fsp3) is 0.714. The van der Waals surface area contributed by atoms with E-state index in [1.807, 2.05) is 0 Å². The summed E-state index contributed by atoms with van der Waals surface area (Å²) in [5, 5.41) is 0. The van der Waals surface area contributed by atoms with Crippen LogP contribution in [0.4, 0.5) is 0 Å². The third-order valence-electron chi connectivity index (χ3n) is 4.22. The number of benzene rings is 1. The Morgan fingerprint density at radius 3 is 1.69 bits per heavy atom. The molecule has 0 amide bonds. The highest BCUT2D eigenvalue weighted by molar-refractivity contribution is 7.84. The SMILES string of the molecule is CCCCCCCCCCCC[PH+](C)C.O=S(=O)([O-])Cc1ccccc1. The Kier molecular flexibility index (Phi) is 16.4. The molecule has 0 saturated carbocycles. The predicted molar refractivity (Wildman–Crippen MR) is 117 cm³/mol. The molecule has 152 valence electrons. The lowest BCUT2D eigenvalue weighted by molar-refractivity contribution is 0.462. The zero-order valence-corrected chi connectivity index (χ0v) is 18.8. The Morgan fingerprint density at radius 2 is 1.27 bits per heavy atom. The van der Waals surface area contributed by atoms with Gasteiger partial charge in [0.2, 0.25) is 0 Å². The molecule has 0 atom stereocenters. The number of hydrogen-bond donors (Lipinski definition) is 0. The minimum absolute atomic E-state index is 0.0582. The molecule has 0 N–H and O–H groups in total. The van der Waals surface area contributed by atoms with Crippen LogP contribution in [0, 0.1) is 0 Å². The van der Waals surface area contributed by atoms with E-state index in [0.717, 1.165) is 0 Å². The lowest BCUT2D eigenvalue weighted by Crippen LogP contribution is -2.01. The summed E-state index contributed by atoms with van der Waals surface area (Å²) < 4.78 is 30.7. The Balaban J connectivity index is 0.000000502. The average Bonchev–Trinajstić information content (AvgIpc) is 2.56. The van der Waals surface area contributed by atoms with E-state index in [4.69, 9.17) is 0 Å². The molecular formula is C21H39O3PS. The third-order valence-corrected chi connectivity index (χ3v) is 6.26. The van der Waals surface area contributed by atoms with Gasteiger partial charge in [0.1, 0.15) is 0 Å². The van der Waals surface area contributed by atoms with Crippen molar-refractivity contribution < 1.29 is 13.0 Å². The van der Waals surface area contributed by atoms with E-state index in [1.54, 1.807) is 30.3 Å². The Bertz CT molecular complexity index is 515. The van der Waals surface area contributed by atoms with E-state index in [0.29, 0.717) is 5.56 Å². The van der Waals surface area contributed by atoms with Crippen LogP contribution in [0.2, 0.25) is 0 Å². The first-order valence-electron chi connectivity index (χ1n) is 10.1. The van der Waals surface area contributed by atoms with E-state index < -0.39 is 15.9 Å². The zero-order chi connectivity index (χ0) is 19.7. The van der Waals surface area contributed by atoms with Crippen molar-refractivity contribution in [2.45, 2.75) is 76.9 Å². The second-order valence-corrected chi connectivity index (χ2v) is 11.6. The predicted octanol–water partition coefficient (Wildman–Crippen LogP) is 6.11. The Labute approximate surface area is 163 Å². The van der Waals surface area contributed by atoms with Crippen molar-refractivity contribution in [3.8, 4) is 0 Å². The van der Waals surface area contributed by atoms with Crippen LogP contribution in [-0.4, -0.2) is 32.5 Å². The van der Waals surface area contributed by atoms with Crippen LogP contribution in [-0.2, 0) is 15.9 Å². The van der Waals surface area contributed by atoms with Gasteiger partial charge in [-0.3, -0.25) is 0 Å². The molecule has 1 rings (SSSR count). The van der Waals surface area contributed by atoms with Gasteiger partial charge in [0.25, 0.3) is 0 Å². The fourth-order valence-corrected chi connectivity index (χ4v) is 4.30. The van der Waals surface area contributed by atoms with Gasteiger partial charge < -0.3 is 4.55 Å². The topological polar surface area (TPSA) is 57.2 Å². The standard InChI is InChI=1S/C14H31P.C7H8O3S/c1-4-5-6-7-8-9-10-11-12-13-14-15(2)3;8-11(9,10)6-7-4-2-1-3-5-7/h4-14H2,1-3H3;1-5H,6H2,(H,8,9,10). The van der Waals surface area contributed by atoms with Crippen LogP contribution in [0.3, 0.4) is 0 Å². The first-order chi connectivity index (χ1) is 12.3. The molecule has 0 aromatic heterocycles. The van der Waals surface area contributed by atoms with E-state index in [9.17, 15) is 13.0 Å². The average molecular weight is 403 g/mol. The molecule has 5 heteroatoms. The molecule has 0 aliphatic heterocycles. The summed E-state index contributed by atoms with van der Waals surface area (Å²) in [5.74, 6) is -0.423. The summed E-state index contributed by atoms with van der Waals surface area (Å²) >= 11 is 0. The first-order valence-corrected chi connectivity index (χ1v) is 14.4. The largest absolute Gasteiger partial charge is 0.748 e. The van der Waals surface area contributed by atoms with Crippen molar-refractivity contribution in [2.75, 3.05) is 19.5 Å². The van der Waals surface area contributed by atoms with Gasteiger partial charge in [-0.15, -0.1) is 0 Å². The van der Waals surface area contributed by atoms with Gasteiger partial charge in [0, 0.05) is 13.3 Å². The summed E-state index contributed by atoms with van der Waals surface area (Å²) in [6.07, 6.45) is 16.2. The van der Waals surface area contributed by atoms with Crippen LogP contribution < -0.4 is 0 Å². The smallest absolute Gasteiger partial charge is 0.0988 e. The van der Waals surface area contributed by atoms with Crippen LogP contribution in [0.15, 0.2) is 30.3 Å². The molecule has 0 unspecified atom stereocenters. The van der Waals surface area contributed by atoms with Crippen molar-refractivity contribution in [2.24, 2.45) is 0 Å². The second kappa shape index (κ2) is 16.7. The second-order valence-electron chi connectivity index (χ2n) is 7.33. The minimum atomic E-state index is -4.13. The zero-order valence-electron chi connectivity index (χ0n) is 17.0. The third kappa shape index (κ3) is 19.9. The van der Waals surface area contributed by atoms with E-state index in [-0.39, 0.29) is 7.92 Å². The molecular weight excluding hydrogens is 363 g/mol. The molecule has 26 heavy (non-hydrogen) atoms. The Morgan fingerprint density at radius 1 is 0.808 bits per heavy atom. The summed E-state index contributed by atoms with van der Waals surface area (Å²) in [5.41, 5.74) is 0.530. The van der Waals surface area contributed by atoms with Gasteiger partial charge >= 0.3 is 0 Å².